The number of anilines is 1. The largest absolute Gasteiger partial charge is 0.497 e. The molecule has 0 fully saturated rings. The number of aromatic nitrogens is 4. The Labute approximate surface area is 236 Å². The van der Waals surface area contributed by atoms with Crippen LogP contribution in [0.2, 0.25) is 0 Å². The molecule has 3 aromatic carbocycles. The van der Waals surface area contributed by atoms with Gasteiger partial charge in [-0.3, -0.25) is 14.9 Å². The van der Waals surface area contributed by atoms with Gasteiger partial charge < -0.3 is 15.0 Å². The fourth-order valence-corrected chi connectivity index (χ4v) is 5.12. The molecule has 0 aliphatic rings. The maximum Gasteiger partial charge on any atom is 0.224 e. The predicted molar refractivity (Wildman–Crippen MR) is 161 cm³/mol. The monoisotopic (exact) mass is 547 g/mol. The first kappa shape index (κ1) is 26.3. The van der Waals surface area contributed by atoms with E-state index < -0.39 is 0 Å². The molecule has 6 aromatic rings. The molecule has 0 aliphatic carbocycles. The van der Waals surface area contributed by atoms with Gasteiger partial charge in [-0.05, 0) is 64.6 Å². The molecule has 3 aromatic heterocycles. The van der Waals surface area contributed by atoms with Crippen molar-refractivity contribution < 1.29 is 13.9 Å². The third-order valence-corrected chi connectivity index (χ3v) is 6.95. The molecule has 3 heterocycles. The van der Waals surface area contributed by atoms with Crippen LogP contribution >= 0.6 is 0 Å². The first-order valence-corrected chi connectivity index (χ1v) is 13.4. The van der Waals surface area contributed by atoms with Crippen molar-refractivity contribution in [3.8, 4) is 39.4 Å². The van der Waals surface area contributed by atoms with Crippen LogP contribution in [-0.2, 0) is 4.79 Å². The standard InChI is InChI=1S/C33H30FN5O2/c1-33(2,3)16-31(40)36-23-11-21(17-35-18-23)19-8-9-29-27(13-19)32(39-38-29)30-15-26-25(6-5-7-28(26)37-30)20-10-22(34)14-24(12-20)41-4/h5-15,17-18,37H,16H2,1-4H3,(H,36,40)(H,38,39). The topological polar surface area (TPSA) is 95.7 Å². The molecular weight excluding hydrogens is 517 g/mol. The molecule has 6 rings (SSSR count). The lowest BCUT2D eigenvalue weighted by Crippen LogP contribution is -2.19. The Morgan fingerprint density at radius 3 is 2.59 bits per heavy atom. The maximum absolute atomic E-state index is 14.3. The number of ether oxygens (including phenoxy) is 1. The number of aromatic amines is 2. The number of fused-ring (bicyclic) bond motifs is 2. The summed E-state index contributed by atoms with van der Waals surface area (Å²) in [4.78, 5) is 20.3. The van der Waals surface area contributed by atoms with Crippen molar-refractivity contribution in [1.82, 2.24) is 20.2 Å². The molecule has 41 heavy (non-hydrogen) atoms. The quantitative estimate of drug-likeness (QED) is 0.197. The second kappa shape index (κ2) is 10.2. The summed E-state index contributed by atoms with van der Waals surface area (Å²) in [5.41, 5.74) is 7.40. The van der Waals surface area contributed by atoms with E-state index in [-0.39, 0.29) is 17.1 Å². The number of H-pyrrole nitrogens is 2. The number of carbonyl (C=O) groups excluding carboxylic acids is 1. The van der Waals surface area contributed by atoms with E-state index in [1.54, 1.807) is 12.4 Å². The number of rotatable bonds is 6. The van der Waals surface area contributed by atoms with Gasteiger partial charge in [0.25, 0.3) is 0 Å². The van der Waals surface area contributed by atoms with E-state index >= 15 is 0 Å². The number of hydrogen-bond donors (Lipinski definition) is 3. The molecule has 0 bridgehead atoms. The van der Waals surface area contributed by atoms with E-state index in [0.717, 1.165) is 55.4 Å². The van der Waals surface area contributed by atoms with Gasteiger partial charge in [0.2, 0.25) is 5.91 Å². The lowest BCUT2D eigenvalue weighted by Gasteiger charge is -2.17. The molecule has 0 radical (unpaired) electrons. The van der Waals surface area contributed by atoms with E-state index in [0.29, 0.717) is 17.9 Å². The normalized spacial score (nSPS) is 11.7. The van der Waals surface area contributed by atoms with E-state index in [2.05, 4.69) is 31.5 Å². The zero-order valence-electron chi connectivity index (χ0n) is 23.3. The van der Waals surface area contributed by atoms with Gasteiger partial charge in [-0.25, -0.2) is 4.39 Å². The third-order valence-electron chi connectivity index (χ3n) is 6.95. The predicted octanol–water partition coefficient (Wildman–Crippen LogP) is 7.96. The Hall–Kier alpha value is -4.98. The smallest absolute Gasteiger partial charge is 0.224 e. The van der Waals surface area contributed by atoms with Gasteiger partial charge in [0, 0.05) is 40.5 Å². The summed E-state index contributed by atoms with van der Waals surface area (Å²) in [6.07, 6.45) is 3.85. The molecule has 0 atom stereocenters. The summed E-state index contributed by atoms with van der Waals surface area (Å²) >= 11 is 0. The highest BCUT2D eigenvalue weighted by Gasteiger charge is 2.17. The minimum Gasteiger partial charge on any atom is -0.497 e. The Bertz CT molecular complexity index is 1910. The molecule has 1 amide bonds. The second-order valence-corrected chi connectivity index (χ2v) is 11.4. The van der Waals surface area contributed by atoms with Gasteiger partial charge in [-0.15, -0.1) is 0 Å². The van der Waals surface area contributed by atoms with E-state index in [1.165, 1.54) is 19.2 Å². The SMILES string of the molecule is COc1cc(F)cc(-c2cccc3[nH]c(-c4n[nH]c5ccc(-c6cncc(NC(=O)CC(C)(C)C)c6)cc45)cc23)c1. The Morgan fingerprint density at radius 1 is 0.927 bits per heavy atom. The molecule has 0 saturated heterocycles. The Kier molecular flexibility index (Phi) is 6.53. The van der Waals surface area contributed by atoms with Crippen LogP contribution in [0.4, 0.5) is 10.1 Å². The maximum atomic E-state index is 14.3. The number of nitrogens with zero attached hydrogens (tertiary/aromatic N) is 2. The Morgan fingerprint density at radius 2 is 1.78 bits per heavy atom. The highest BCUT2D eigenvalue weighted by atomic mass is 19.1. The fourth-order valence-electron chi connectivity index (χ4n) is 5.12. The second-order valence-electron chi connectivity index (χ2n) is 11.4. The minimum atomic E-state index is -0.356. The number of benzene rings is 3. The van der Waals surface area contributed by atoms with Crippen molar-refractivity contribution in [3.05, 3.63) is 84.9 Å². The molecule has 206 valence electrons. The van der Waals surface area contributed by atoms with Crippen LogP contribution in [0.25, 0.3) is 55.4 Å². The summed E-state index contributed by atoms with van der Waals surface area (Å²) in [5.74, 6) is 0.0649. The number of amides is 1. The summed E-state index contributed by atoms with van der Waals surface area (Å²) in [5, 5.41) is 12.6. The molecule has 3 N–H and O–H groups in total. The van der Waals surface area contributed by atoms with Crippen molar-refractivity contribution in [2.75, 3.05) is 12.4 Å². The van der Waals surface area contributed by atoms with E-state index in [9.17, 15) is 9.18 Å². The van der Waals surface area contributed by atoms with Gasteiger partial charge in [-0.1, -0.05) is 39.0 Å². The summed E-state index contributed by atoms with van der Waals surface area (Å²) < 4.78 is 19.6. The van der Waals surface area contributed by atoms with Crippen LogP contribution in [0.3, 0.4) is 0 Å². The van der Waals surface area contributed by atoms with Crippen molar-refractivity contribution in [3.63, 3.8) is 0 Å². The fraction of sp³-hybridized carbons (Fsp3) is 0.182. The molecule has 8 heteroatoms. The third kappa shape index (κ3) is 5.41. The van der Waals surface area contributed by atoms with Gasteiger partial charge in [0.1, 0.15) is 17.3 Å². The molecule has 7 nitrogen and oxygen atoms in total. The van der Waals surface area contributed by atoms with Crippen LogP contribution in [0.5, 0.6) is 5.75 Å². The van der Waals surface area contributed by atoms with Gasteiger partial charge in [-0.2, -0.15) is 5.10 Å². The van der Waals surface area contributed by atoms with E-state index in [1.807, 2.05) is 69.3 Å². The number of pyridine rings is 1. The minimum absolute atomic E-state index is 0.0427. The average molecular weight is 548 g/mol. The van der Waals surface area contributed by atoms with Gasteiger partial charge in [0.05, 0.1) is 30.2 Å². The van der Waals surface area contributed by atoms with Crippen LogP contribution in [0.15, 0.2) is 79.1 Å². The van der Waals surface area contributed by atoms with Crippen molar-refractivity contribution in [2.45, 2.75) is 27.2 Å². The lowest BCUT2D eigenvalue weighted by atomic mass is 9.92. The molecule has 0 aliphatic heterocycles. The first-order chi connectivity index (χ1) is 19.7. The van der Waals surface area contributed by atoms with Crippen LogP contribution in [0.1, 0.15) is 27.2 Å². The molecule has 0 spiro atoms. The van der Waals surface area contributed by atoms with Crippen molar-refractivity contribution in [1.29, 1.82) is 0 Å². The average Bonchev–Trinajstić information content (AvgIpc) is 3.55. The van der Waals surface area contributed by atoms with Crippen LogP contribution in [0, 0.1) is 11.2 Å². The van der Waals surface area contributed by atoms with Crippen molar-refractivity contribution >= 4 is 33.4 Å². The zero-order valence-corrected chi connectivity index (χ0v) is 23.3. The van der Waals surface area contributed by atoms with Crippen LogP contribution < -0.4 is 10.1 Å². The summed E-state index contributed by atoms with van der Waals surface area (Å²) in [6.45, 7) is 6.10. The number of halogens is 1. The number of carbonyl (C=O) groups is 1. The molecule has 0 unspecified atom stereocenters. The van der Waals surface area contributed by atoms with E-state index in [4.69, 9.17) is 4.74 Å². The highest BCUT2D eigenvalue weighted by molar-refractivity contribution is 6.02. The summed E-state index contributed by atoms with van der Waals surface area (Å²) in [6, 6.07) is 20.6. The molecule has 0 saturated carbocycles. The van der Waals surface area contributed by atoms with Gasteiger partial charge in [0.15, 0.2) is 0 Å². The lowest BCUT2D eigenvalue weighted by molar-refractivity contribution is -0.117. The summed E-state index contributed by atoms with van der Waals surface area (Å²) in [7, 11) is 1.53. The number of methoxy groups -OCH3 is 1. The number of nitrogens with one attached hydrogen (secondary N) is 3. The molecular formula is C33H30FN5O2. The van der Waals surface area contributed by atoms with Crippen molar-refractivity contribution in [2.24, 2.45) is 5.41 Å². The first-order valence-electron chi connectivity index (χ1n) is 13.4. The zero-order chi connectivity index (χ0) is 28.7. The Balaban J connectivity index is 1.37. The van der Waals surface area contributed by atoms with Gasteiger partial charge >= 0.3 is 0 Å². The number of hydrogen-bond acceptors (Lipinski definition) is 4. The highest BCUT2D eigenvalue weighted by Crippen LogP contribution is 2.36. The van der Waals surface area contributed by atoms with Crippen LogP contribution in [-0.4, -0.2) is 33.2 Å².